The van der Waals surface area contributed by atoms with E-state index in [9.17, 15) is 4.79 Å². The maximum atomic E-state index is 11.3. The molecule has 0 aliphatic heterocycles. The molecule has 5 nitrogen and oxygen atoms in total. The summed E-state index contributed by atoms with van der Waals surface area (Å²) in [6.45, 7) is 0. The summed E-state index contributed by atoms with van der Waals surface area (Å²) in [5.74, 6) is 1.94. The Morgan fingerprint density at radius 1 is 1.08 bits per heavy atom. The summed E-state index contributed by atoms with van der Waals surface area (Å²) in [5, 5.41) is 1.10. The van der Waals surface area contributed by atoms with Gasteiger partial charge in [0.25, 0.3) is 0 Å². The Balaban J connectivity index is 1.96. The zero-order valence-corrected chi connectivity index (χ0v) is 13.6. The highest BCUT2D eigenvalue weighted by molar-refractivity contribution is 5.89. The molecule has 1 fully saturated rings. The van der Waals surface area contributed by atoms with Crippen LogP contribution < -0.4 is 15.0 Å². The van der Waals surface area contributed by atoms with Crippen molar-refractivity contribution in [2.24, 2.45) is 0 Å². The Morgan fingerprint density at radius 3 is 2.46 bits per heavy atom. The second-order valence-electron chi connectivity index (χ2n) is 6.04. The summed E-state index contributed by atoms with van der Waals surface area (Å²) in [7, 11) is 3.26. The minimum atomic E-state index is -0.117. The number of nitrogens with zero attached hydrogens (tertiary/aromatic N) is 1. The summed E-state index contributed by atoms with van der Waals surface area (Å²) in [4.78, 5) is 18.8. The van der Waals surface area contributed by atoms with Gasteiger partial charge in [-0.05, 0) is 42.5 Å². The lowest BCUT2D eigenvalue weighted by Gasteiger charge is -2.13. The Hall–Kier alpha value is -2.82. The first-order chi connectivity index (χ1) is 11.7. The average Bonchev–Trinajstić information content (AvgIpc) is 3.45. The van der Waals surface area contributed by atoms with Crippen molar-refractivity contribution in [3.05, 3.63) is 52.4 Å². The Kier molecular flexibility index (Phi) is 3.49. The van der Waals surface area contributed by atoms with Crippen LogP contribution in [0.25, 0.3) is 22.2 Å². The number of hydrogen-bond acceptors (Lipinski definition) is 4. The van der Waals surface area contributed by atoms with Gasteiger partial charge in [0.15, 0.2) is 11.5 Å². The van der Waals surface area contributed by atoms with Crippen molar-refractivity contribution < 1.29 is 9.47 Å². The molecule has 1 aliphatic carbocycles. The number of fused-ring (bicyclic) bond motifs is 1. The summed E-state index contributed by atoms with van der Waals surface area (Å²) < 4.78 is 10.8. The van der Waals surface area contributed by atoms with Crippen molar-refractivity contribution in [3.63, 3.8) is 0 Å². The predicted molar refractivity (Wildman–Crippen MR) is 92.9 cm³/mol. The lowest BCUT2D eigenvalue weighted by atomic mass is 10.0. The van der Waals surface area contributed by atoms with Crippen LogP contribution in [-0.4, -0.2) is 24.2 Å². The molecular weight excluding hydrogens is 304 g/mol. The van der Waals surface area contributed by atoms with E-state index in [0.717, 1.165) is 22.2 Å². The molecule has 0 unspecified atom stereocenters. The second kappa shape index (κ2) is 5.67. The van der Waals surface area contributed by atoms with E-state index in [2.05, 4.69) is 11.1 Å². The number of hydrogen-bond donors (Lipinski definition) is 1. The monoisotopic (exact) mass is 322 g/mol. The van der Waals surface area contributed by atoms with Crippen LogP contribution in [0.5, 0.6) is 11.5 Å². The number of aromatic amines is 1. The van der Waals surface area contributed by atoms with Crippen LogP contribution in [0.3, 0.4) is 0 Å². The van der Waals surface area contributed by atoms with Crippen molar-refractivity contribution in [3.8, 4) is 22.8 Å². The number of methoxy groups -OCH3 is 2. The molecule has 2 heterocycles. The van der Waals surface area contributed by atoms with Crippen LogP contribution in [0, 0.1) is 0 Å². The molecular formula is C19H18N2O3. The fourth-order valence-electron chi connectivity index (χ4n) is 3.03. The first-order valence-electron chi connectivity index (χ1n) is 7.95. The third kappa shape index (κ3) is 2.52. The van der Waals surface area contributed by atoms with Gasteiger partial charge in [0.05, 0.1) is 25.4 Å². The summed E-state index contributed by atoms with van der Waals surface area (Å²) in [6.07, 6.45) is 4.09. The third-order valence-electron chi connectivity index (χ3n) is 4.44. The smallest absolute Gasteiger partial charge is 0.247 e. The molecule has 0 spiro atoms. The quantitative estimate of drug-likeness (QED) is 0.798. The number of pyridine rings is 2. The van der Waals surface area contributed by atoms with Gasteiger partial charge < -0.3 is 14.5 Å². The predicted octanol–water partition coefficient (Wildman–Crippen LogP) is 3.48. The van der Waals surface area contributed by atoms with Gasteiger partial charge in [-0.25, -0.2) is 4.98 Å². The molecule has 0 radical (unpaired) electrons. The Bertz CT molecular complexity index is 954. The van der Waals surface area contributed by atoms with E-state index in [-0.39, 0.29) is 5.56 Å². The van der Waals surface area contributed by atoms with Gasteiger partial charge in [0, 0.05) is 29.3 Å². The molecule has 0 bridgehead atoms. The van der Waals surface area contributed by atoms with Crippen molar-refractivity contribution >= 4 is 10.9 Å². The van der Waals surface area contributed by atoms with Crippen LogP contribution in [-0.2, 0) is 0 Å². The summed E-state index contributed by atoms with van der Waals surface area (Å²) >= 11 is 0. The fourth-order valence-corrected chi connectivity index (χ4v) is 3.03. The van der Waals surface area contributed by atoms with E-state index >= 15 is 0 Å². The lowest BCUT2D eigenvalue weighted by Crippen LogP contribution is -2.02. The molecule has 0 saturated heterocycles. The lowest BCUT2D eigenvalue weighted by molar-refractivity contribution is 0.356. The molecule has 24 heavy (non-hydrogen) atoms. The number of ether oxygens (including phenoxy) is 2. The van der Waals surface area contributed by atoms with E-state index in [1.165, 1.54) is 24.5 Å². The van der Waals surface area contributed by atoms with Gasteiger partial charge in [-0.1, -0.05) is 0 Å². The first kappa shape index (κ1) is 14.8. The van der Waals surface area contributed by atoms with E-state index in [1.54, 1.807) is 26.5 Å². The van der Waals surface area contributed by atoms with Gasteiger partial charge in [-0.2, -0.15) is 0 Å². The second-order valence-corrected chi connectivity index (χ2v) is 6.04. The van der Waals surface area contributed by atoms with Gasteiger partial charge >= 0.3 is 0 Å². The molecule has 1 aromatic carbocycles. The van der Waals surface area contributed by atoms with Gasteiger partial charge in [0.1, 0.15) is 0 Å². The van der Waals surface area contributed by atoms with Crippen LogP contribution in [0.2, 0.25) is 0 Å². The largest absolute Gasteiger partial charge is 0.493 e. The molecule has 1 saturated carbocycles. The number of nitrogens with one attached hydrogen (secondary N) is 1. The molecule has 1 N–H and O–H groups in total. The Labute approximate surface area is 139 Å². The highest BCUT2D eigenvalue weighted by Gasteiger charge is 2.27. The molecule has 122 valence electrons. The topological polar surface area (TPSA) is 64.2 Å². The maximum Gasteiger partial charge on any atom is 0.247 e. The normalized spacial score (nSPS) is 13.9. The minimum Gasteiger partial charge on any atom is -0.493 e. The van der Waals surface area contributed by atoms with Crippen molar-refractivity contribution in [2.45, 2.75) is 18.8 Å². The van der Waals surface area contributed by atoms with Crippen molar-refractivity contribution in [1.82, 2.24) is 9.97 Å². The van der Waals surface area contributed by atoms with Crippen molar-refractivity contribution in [2.75, 3.05) is 14.2 Å². The van der Waals surface area contributed by atoms with E-state index < -0.39 is 0 Å². The van der Waals surface area contributed by atoms with Crippen LogP contribution in [0.4, 0.5) is 0 Å². The zero-order valence-electron chi connectivity index (χ0n) is 13.6. The number of benzene rings is 1. The zero-order chi connectivity index (χ0) is 16.7. The van der Waals surface area contributed by atoms with E-state index in [1.807, 2.05) is 12.1 Å². The molecule has 5 heteroatoms. The SMILES string of the molecule is COc1cc2nc(-c3ccc(=O)[nH]c3)cc(C3CC3)c2cc1OC. The minimum absolute atomic E-state index is 0.117. The van der Waals surface area contributed by atoms with Crippen LogP contribution >= 0.6 is 0 Å². The van der Waals surface area contributed by atoms with E-state index in [4.69, 9.17) is 14.5 Å². The molecule has 0 atom stereocenters. The standard InChI is InChI=1S/C19H18N2O3/c1-23-17-8-14-13(11-3-4-11)7-15(12-5-6-19(22)20-10-12)21-16(14)9-18(17)24-2/h5-11H,3-4H2,1-2H3,(H,20,22). The summed E-state index contributed by atoms with van der Waals surface area (Å²) in [6, 6.07) is 9.36. The van der Waals surface area contributed by atoms with E-state index in [0.29, 0.717) is 17.4 Å². The number of rotatable bonds is 4. The van der Waals surface area contributed by atoms with Crippen molar-refractivity contribution in [1.29, 1.82) is 0 Å². The van der Waals surface area contributed by atoms with Crippen LogP contribution in [0.15, 0.2) is 41.3 Å². The van der Waals surface area contributed by atoms with Gasteiger partial charge in [-0.15, -0.1) is 0 Å². The van der Waals surface area contributed by atoms with Crippen LogP contribution in [0.1, 0.15) is 24.3 Å². The summed E-state index contributed by atoms with van der Waals surface area (Å²) in [5.41, 5.74) is 3.79. The average molecular weight is 322 g/mol. The highest BCUT2D eigenvalue weighted by atomic mass is 16.5. The molecule has 3 aromatic rings. The van der Waals surface area contributed by atoms with Gasteiger partial charge in [-0.3, -0.25) is 4.79 Å². The molecule has 0 amide bonds. The number of H-pyrrole nitrogens is 1. The van der Waals surface area contributed by atoms with Gasteiger partial charge in [0.2, 0.25) is 5.56 Å². The Morgan fingerprint density at radius 2 is 1.83 bits per heavy atom. The first-order valence-corrected chi connectivity index (χ1v) is 7.95. The highest BCUT2D eigenvalue weighted by Crippen LogP contribution is 2.45. The molecule has 2 aromatic heterocycles. The maximum absolute atomic E-state index is 11.3. The number of aromatic nitrogens is 2. The third-order valence-corrected chi connectivity index (χ3v) is 4.44. The molecule has 1 aliphatic rings. The molecule has 4 rings (SSSR count). The fraction of sp³-hybridized carbons (Fsp3) is 0.263.